The van der Waals surface area contributed by atoms with Crippen LogP contribution in [0.4, 0.5) is 5.69 Å². The van der Waals surface area contributed by atoms with E-state index in [1.165, 1.54) is 12.1 Å². The summed E-state index contributed by atoms with van der Waals surface area (Å²) in [5.74, 6) is -1.17. The van der Waals surface area contributed by atoms with E-state index in [0.29, 0.717) is 5.69 Å². The van der Waals surface area contributed by atoms with Crippen molar-refractivity contribution in [1.29, 1.82) is 0 Å². The van der Waals surface area contributed by atoms with Gasteiger partial charge in [0.25, 0.3) is 0 Å². The maximum Gasteiger partial charge on any atom is 0.335 e. The van der Waals surface area contributed by atoms with Crippen molar-refractivity contribution in [3.63, 3.8) is 0 Å². The van der Waals surface area contributed by atoms with Crippen LogP contribution < -0.4 is 10.0 Å². The Bertz CT molecular complexity index is 577. The van der Waals surface area contributed by atoms with E-state index in [1.54, 1.807) is 0 Å². The van der Waals surface area contributed by atoms with Gasteiger partial charge < -0.3 is 10.0 Å². The Labute approximate surface area is 105 Å². The van der Waals surface area contributed by atoms with Crippen molar-refractivity contribution >= 4 is 21.7 Å². The molecule has 0 saturated carbocycles. The second-order valence-electron chi connectivity index (χ2n) is 4.23. The molecule has 0 aromatic heterocycles. The maximum atomic E-state index is 11.5. The molecule has 6 nitrogen and oxygen atoms in total. The van der Waals surface area contributed by atoms with Gasteiger partial charge in [0.15, 0.2) is 0 Å². The third-order valence-corrected chi connectivity index (χ3v) is 3.90. The molecule has 1 aliphatic heterocycles. The average Bonchev–Trinajstić information content (AvgIpc) is 2.80. The summed E-state index contributed by atoms with van der Waals surface area (Å²) >= 11 is 0. The Morgan fingerprint density at radius 1 is 1.28 bits per heavy atom. The lowest BCUT2D eigenvalue weighted by molar-refractivity contribution is 0.0696. The third kappa shape index (κ3) is 2.46. The third-order valence-electron chi connectivity index (χ3n) is 2.96. The Morgan fingerprint density at radius 2 is 1.89 bits per heavy atom. The van der Waals surface area contributed by atoms with Crippen LogP contribution in [0.25, 0.3) is 0 Å². The highest BCUT2D eigenvalue weighted by atomic mass is 32.2. The lowest BCUT2D eigenvalue weighted by atomic mass is 10.2. The first-order chi connectivity index (χ1) is 8.39. The minimum atomic E-state index is -3.93. The zero-order valence-electron chi connectivity index (χ0n) is 9.67. The highest BCUT2D eigenvalue weighted by Gasteiger charge is 2.22. The summed E-state index contributed by atoms with van der Waals surface area (Å²) < 4.78 is 23.1. The van der Waals surface area contributed by atoms with Crippen molar-refractivity contribution in [1.82, 2.24) is 0 Å². The summed E-state index contributed by atoms with van der Waals surface area (Å²) in [4.78, 5) is 12.7. The van der Waals surface area contributed by atoms with Crippen molar-refractivity contribution in [2.75, 3.05) is 18.0 Å². The summed E-state index contributed by atoms with van der Waals surface area (Å²) in [7, 11) is -3.93. The Morgan fingerprint density at radius 3 is 2.39 bits per heavy atom. The number of rotatable bonds is 3. The number of nitrogens with zero attached hydrogens (tertiary/aromatic N) is 1. The second-order valence-corrected chi connectivity index (χ2v) is 5.76. The van der Waals surface area contributed by atoms with Gasteiger partial charge in [-0.05, 0) is 31.0 Å². The summed E-state index contributed by atoms with van der Waals surface area (Å²) in [5, 5.41) is 14.0. The molecular weight excluding hydrogens is 256 g/mol. The predicted octanol–water partition coefficient (Wildman–Crippen LogP) is 0.632. The zero-order chi connectivity index (χ0) is 13.3. The predicted molar refractivity (Wildman–Crippen MR) is 66.2 cm³/mol. The summed E-state index contributed by atoms with van der Waals surface area (Å²) in [6.07, 6.45) is 1.98. The van der Waals surface area contributed by atoms with Crippen LogP contribution in [0.5, 0.6) is 0 Å². The summed E-state index contributed by atoms with van der Waals surface area (Å²) in [6, 6.07) is 4.02. The molecule has 1 heterocycles. The molecule has 1 aliphatic rings. The molecule has 1 aromatic carbocycles. The SMILES string of the molecule is NS(=O)(=O)c1cc(C(=O)O)ccc1N1CCCC1. The zero-order valence-corrected chi connectivity index (χ0v) is 10.5. The molecule has 7 heteroatoms. The van der Waals surface area contributed by atoms with Gasteiger partial charge in [0, 0.05) is 13.1 Å². The normalized spacial score (nSPS) is 15.9. The highest BCUT2D eigenvalue weighted by molar-refractivity contribution is 7.89. The van der Waals surface area contributed by atoms with Crippen LogP contribution in [0.15, 0.2) is 23.1 Å². The molecule has 3 N–H and O–H groups in total. The molecule has 2 rings (SSSR count). The van der Waals surface area contributed by atoms with E-state index in [0.717, 1.165) is 32.0 Å². The Hall–Kier alpha value is -1.60. The fourth-order valence-electron chi connectivity index (χ4n) is 2.09. The lowest BCUT2D eigenvalue weighted by Crippen LogP contribution is -2.23. The van der Waals surface area contributed by atoms with E-state index in [1.807, 2.05) is 4.90 Å². The van der Waals surface area contributed by atoms with E-state index in [-0.39, 0.29) is 10.5 Å². The van der Waals surface area contributed by atoms with Crippen molar-refractivity contribution in [3.05, 3.63) is 23.8 Å². The number of carboxylic acids is 1. The van der Waals surface area contributed by atoms with Crippen LogP contribution in [0.1, 0.15) is 23.2 Å². The van der Waals surface area contributed by atoms with Crippen LogP contribution in [0.2, 0.25) is 0 Å². The second kappa shape index (κ2) is 4.58. The molecule has 0 bridgehead atoms. The summed E-state index contributed by atoms with van der Waals surface area (Å²) in [5.41, 5.74) is 0.405. The summed E-state index contributed by atoms with van der Waals surface area (Å²) in [6.45, 7) is 1.52. The van der Waals surface area contributed by atoms with Crippen LogP contribution in [0, 0.1) is 0 Å². The van der Waals surface area contributed by atoms with Gasteiger partial charge in [-0.3, -0.25) is 0 Å². The van der Waals surface area contributed by atoms with Gasteiger partial charge in [0.2, 0.25) is 10.0 Å². The van der Waals surface area contributed by atoms with E-state index in [2.05, 4.69) is 0 Å². The first-order valence-corrected chi connectivity index (χ1v) is 7.09. The minimum absolute atomic E-state index is 0.0815. The molecule has 18 heavy (non-hydrogen) atoms. The number of carboxylic acid groups (broad SMARTS) is 1. The lowest BCUT2D eigenvalue weighted by Gasteiger charge is -2.20. The van der Waals surface area contributed by atoms with Crippen molar-refractivity contribution < 1.29 is 18.3 Å². The number of aromatic carboxylic acids is 1. The van der Waals surface area contributed by atoms with Crippen molar-refractivity contribution in [2.45, 2.75) is 17.7 Å². The van der Waals surface area contributed by atoms with Crippen LogP contribution >= 0.6 is 0 Å². The van der Waals surface area contributed by atoms with Gasteiger partial charge in [0.05, 0.1) is 11.3 Å². The first kappa shape index (κ1) is 12.8. The molecule has 1 saturated heterocycles. The molecule has 0 atom stereocenters. The van der Waals surface area contributed by atoms with E-state index in [9.17, 15) is 13.2 Å². The molecule has 1 fully saturated rings. The number of sulfonamides is 1. The van der Waals surface area contributed by atoms with Gasteiger partial charge in [-0.1, -0.05) is 0 Å². The maximum absolute atomic E-state index is 11.5. The Kier molecular flexibility index (Phi) is 3.27. The number of nitrogens with two attached hydrogens (primary N) is 1. The molecule has 0 amide bonds. The monoisotopic (exact) mass is 270 g/mol. The minimum Gasteiger partial charge on any atom is -0.478 e. The van der Waals surface area contributed by atoms with Crippen LogP contribution in [0.3, 0.4) is 0 Å². The number of hydrogen-bond donors (Lipinski definition) is 2. The molecule has 0 radical (unpaired) electrons. The first-order valence-electron chi connectivity index (χ1n) is 5.54. The number of carbonyl (C=O) groups is 1. The van der Waals surface area contributed by atoms with E-state index >= 15 is 0 Å². The number of hydrogen-bond acceptors (Lipinski definition) is 4. The molecular formula is C11H14N2O4S. The standard InChI is InChI=1S/C11H14N2O4S/c12-18(16,17)10-7-8(11(14)15)3-4-9(10)13-5-1-2-6-13/h3-4,7H,1-2,5-6H2,(H,14,15)(H2,12,16,17). The number of benzene rings is 1. The van der Waals surface area contributed by atoms with Gasteiger partial charge in [-0.25, -0.2) is 18.4 Å². The largest absolute Gasteiger partial charge is 0.478 e. The van der Waals surface area contributed by atoms with Crippen molar-refractivity contribution in [3.8, 4) is 0 Å². The van der Waals surface area contributed by atoms with E-state index < -0.39 is 16.0 Å². The molecule has 0 spiro atoms. The fraction of sp³-hybridized carbons (Fsp3) is 0.364. The quantitative estimate of drug-likeness (QED) is 0.839. The van der Waals surface area contributed by atoms with Crippen LogP contribution in [-0.2, 0) is 10.0 Å². The molecule has 98 valence electrons. The smallest absolute Gasteiger partial charge is 0.335 e. The van der Waals surface area contributed by atoms with Gasteiger partial charge >= 0.3 is 5.97 Å². The van der Waals surface area contributed by atoms with Gasteiger partial charge in [0.1, 0.15) is 4.90 Å². The van der Waals surface area contributed by atoms with Crippen LogP contribution in [-0.4, -0.2) is 32.6 Å². The Balaban J connectivity index is 2.55. The molecule has 0 aliphatic carbocycles. The van der Waals surface area contributed by atoms with Gasteiger partial charge in [-0.15, -0.1) is 0 Å². The fourth-order valence-corrected chi connectivity index (χ4v) is 2.87. The highest BCUT2D eigenvalue weighted by Crippen LogP contribution is 2.28. The van der Waals surface area contributed by atoms with E-state index in [4.69, 9.17) is 10.2 Å². The van der Waals surface area contributed by atoms with Gasteiger partial charge in [-0.2, -0.15) is 0 Å². The number of anilines is 1. The molecule has 0 unspecified atom stereocenters. The number of primary sulfonamides is 1. The van der Waals surface area contributed by atoms with Crippen molar-refractivity contribution in [2.24, 2.45) is 5.14 Å². The average molecular weight is 270 g/mol. The topological polar surface area (TPSA) is 101 Å². The molecule has 1 aromatic rings.